The first kappa shape index (κ1) is 37.6. The summed E-state index contributed by atoms with van der Waals surface area (Å²) in [6, 6.07) is 8.52. The minimum atomic E-state index is -4.48. The predicted molar refractivity (Wildman–Crippen MR) is 183 cm³/mol. The van der Waals surface area contributed by atoms with Crippen LogP contribution in [0.4, 0.5) is 33.3 Å². The van der Waals surface area contributed by atoms with Crippen LogP contribution in [-0.2, 0) is 20.7 Å². The molecule has 1 aliphatic heterocycles. The Kier molecular flexibility index (Phi) is 12.2. The SMILES string of the molecule is COC(=O)C(CCC(N)=O)NC(=O)c1ccc(NCC#Cc2sc3c(NC4CCN(C5CC5)CC4)cccc3c2CC(F)(F)F)c(OC(F)F)c1. The number of nitrogens with zero attached hydrogens (tertiary/aromatic N) is 1. The van der Waals surface area contributed by atoms with Crippen LogP contribution in [0.15, 0.2) is 36.4 Å². The van der Waals surface area contributed by atoms with Gasteiger partial charge in [-0.1, -0.05) is 24.0 Å². The molecule has 10 nitrogen and oxygen atoms in total. The molecule has 0 bridgehead atoms. The van der Waals surface area contributed by atoms with Gasteiger partial charge in [-0.3, -0.25) is 9.59 Å². The molecular formula is C35H38F5N5O5S. The van der Waals surface area contributed by atoms with Crippen LogP contribution in [0.25, 0.3) is 10.1 Å². The number of amides is 2. The first-order valence-electron chi connectivity index (χ1n) is 16.4. The zero-order valence-electron chi connectivity index (χ0n) is 27.7. The highest BCUT2D eigenvalue weighted by molar-refractivity contribution is 7.20. The molecule has 2 fully saturated rings. The van der Waals surface area contributed by atoms with Crippen molar-refractivity contribution in [2.45, 2.75) is 75.9 Å². The van der Waals surface area contributed by atoms with Gasteiger partial charge in [-0.25, -0.2) is 4.79 Å². The maximum Gasteiger partial charge on any atom is 0.393 e. The Labute approximate surface area is 295 Å². The lowest BCUT2D eigenvalue weighted by molar-refractivity contribution is -0.143. The van der Waals surface area contributed by atoms with Gasteiger partial charge in [0.05, 0.1) is 41.0 Å². The van der Waals surface area contributed by atoms with E-state index in [0.717, 1.165) is 44.8 Å². The number of anilines is 2. The van der Waals surface area contributed by atoms with Crippen molar-refractivity contribution < 1.29 is 45.8 Å². The monoisotopic (exact) mass is 735 g/mol. The summed E-state index contributed by atoms with van der Waals surface area (Å²) in [5, 5.41) is 9.23. The Hall–Kier alpha value is -4.62. The summed E-state index contributed by atoms with van der Waals surface area (Å²) in [4.78, 5) is 38.9. The zero-order valence-corrected chi connectivity index (χ0v) is 28.5. The van der Waals surface area contributed by atoms with E-state index in [4.69, 9.17) is 5.73 Å². The maximum absolute atomic E-state index is 13.7. The van der Waals surface area contributed by atoms with E-state index in [9.17, 15) is 36.3 Å². The van der Waals surface area contributed by atoms with Gasteiger partial charge in [0.25, 0.3) is 5.91 Å². The number of hydrogen-bond acceptors (Lipinski definition) is 9. The second-order valence-electron chi connectivity index (χ2n) is 12.4. The summed E-state index contributed by atoms with van der Waals surface area (Å²) in [7, 11) is 1.09. The van der Waals surface area contributed by atoms with Crippen molar-refractivity contribution in [3.63, 3.8) is 0 Å². The third-order valence-corrected chi connectivity index (χ3v) is 9.84. The van der Waals surface area contributed by atoms with Crippen molar-refractivity contribution in [2.75, 3.05) is 37.4 Å². The van der Waals surface area contributed by atoms with Gasteiger partial charge < -0.3 is 36.1 Å². The molecule has 3 aromatic rings. The van der Waals surface area contributed by atoms with E-state index in [2.05, 4.69) is 42.2 Å². The number of nitrogens with one attached hydrogen (secondary N) is 3. The molecule has 1 saturated carbocycles. The number of methoxy groups -OCH3 is 1. The fourth-order valence-electron chi connectivity index (χ4n) is 6.02. The number of fused-ring (bicyclic) bond motifs is 1. The minimum absolute atomic E-state index is 0.0328. The minimum Gasteiger partial charge on any atom is -0.467 e. The maximum atomic E-state index is 13.7. The molecule has 5 N–H and O–H groups in total. The van der Waals surface area contributed by atoms with E-state index >= 15 is 0 Å². The van der Waals surface area contributed by atoms with Crippen LogP contribution in [0, 0.1) is 11.8 Å². The summed E-state index contributed by atoms with van der Waals surface area (Å²) >= 11 is 1.17. The van der Waals surface area contributed by atoms with Crippen molar-refractivity contribution in [1.82, 2.24) is 10.2 Å². The number of piperidine rings is 1. The number of likely N-dealkylation sites (tertiary alicyclic amines) is 1. The smallest absolute Gasteiger partial charge is 0.393 e. The molecule has 51 heavy (non-hydrogen) atoms. The van der Waals surface area contributed by atoms with Crippen LogP contribution in [0.5, 0.6) is 5.75 Å². The van der Waals surface area contributed by atoms with Crippen molar-refractivity contribution in [2.24, 2.45) is 5.73 Å². The van der Waals surface area contributed by atoms with Crippen LogP contribution >= 0.6 is 11.3 Å². The van der Waals surface area contributed by atoms with Crippen molar-refractivity contribution in [3.05, 3.63) is 52.4 Å². The number of alkyl halides is 5. The number of carbonyl (C=O) groups is 3. The van der Waals surface area contributed by atoms with Gasteiger partial charge in [0.15, 0.2) is 0 Å². The Morgan fingerprint density at radius 2 is 1.82 bits per heavy atom. The fourth-order valence-corrected chi connectivity index (χ4v) is 7.19. The van der Waals surface area contributed by atoms with Crippen LogP contribution < -0.4 is 26.4 Å². The molecule has 2 aliphatic rings. The number of rotatable bonds is 14. The summed E-state index contributed by atoms with van der Waals surface area (Å²) in [6.45, 7) is -1.45. The Morgan fingerprint density at radius 3 is 2.47 bits per heavy atom. The number of esters is 1. The van der Waals surface area contributed by atoms with Crippen LogP contribution in [0.1, 0.15) is 59.3 Å². The standard InChI is InChI=1S/C35H38F5N5O5S/c1-49-33(48)27(11-12-30(41)46)44-32(47)20-7-10-25(28(18-20)50-34(36)37)42-15-3-6-29-24(19-35(38,39)40)23-4-2-5-26(31(23)51-29)43-21-13-16-45(17-14-21)22-8-9-22/h2,4-5,7,10,18,21-22,27,34,42-43H,8-9,11-17,19H2,1H3,(H2,41,46)(H,44,47). The average Bonchev–Trinajstić information content (AvgIpc) is 3.87. The van der Waals surface area contributed by atoms with Gasteiger partial charge in [-0.2, -0.15) is 22.0 Å². The first-order valence-corrected chi connectivity index (χ1v) is 17.2. The number of halogens is 5. The van der Waals surface area contributed by atoms with E-state index in [1.54, 1.807) is 12.1 Å². The third-order valence-electron chi connectivity index (χ3n) is 8.65. The number of hydrogen-bond donors (Lipinski definition) is 4. The summed E-state index contributed by atoms with van der Waals surface area (Å²) in [5.74, 6) is 2.85. The summed E-state index contributed by atoms with van der Waals surface area (Å²) in [5.41, 5.74) is 5.86. The molecule has 16 heteroatoms. The molecule has 2 aromatic carbocycles. The van der Waals surface area contributed by atoms with Gasteiger partial charge in [-0.05, 0) is 67.3 Å². The zero-order chi connectivity index (χ0) is 36.7. The molecular weight excluding hydrogens is 697 g/mol. The van der Waals surface area contributed by atoms with Crippen LogP contribution in [-0.4, -0.2) is 80.3 Å². The van der Waals surface area contributed by atoms with Gasteiger partial charge in [0, 0.05) is 37.2 Å². The van der Waals surface area contributed by atoms with E-state index < -0.39 is 48.8 Å². The van der Waals surface area contributed by atoms with Gasteiger partial charge in [-0.15, -0.1) is 11.3 Å². The van der Waals surface area contributed by atoms with Crippen molar-refractivity contribution in [3.8, 4) is 17.6 Å². The van der Waals surface area contributed by atoms with Crippen LogP contribution in [0.2, 0.25) is 0 Å². The molecule has 2 amide bonds. The number of carbonyl (C=O) groups excluding carboxylic acids is 3. The molecule has 1 aliphatic carbocycles. The normalized spacial score (nSPS) is 15.9. The van der Waals surface area contributed by atoms with Crippen molar-refractivity contribution >= 4 is 50.6 Å². The summed E-state index contributed by atoms with van der Waals surface area (Å²) in [6.07, 6.45) is -1.63. The number of ether oxygens (including phenoxy) is 2. The predicted octanol–water partition coefficient (Wildman–Crippen LogP) is 5.65. The topological polar surface area (TPSA) is 135 Å². The lowest BCUT2D eigenvalue weighted by Gasteiger charge is -2.33. The highest BCUT2D eigenvalue weighted by atomic mass is 32.1. The Balaban J connectivity index is 1.32. The van der Waals surface area contributed by atoms with Gasteiger partial charge in [0.1, 0.15) is 11.8 Å². The Morgan fingerprint density at radius 1 is 1.08 bits per heavy atom. The quantitative estimate of drug-likeness (QED) is 0.0949. The lowest BCUT2D eigenvalue weighted by atomic mass is 10.0. The second-order valence-corrected chi connectivity index (χ2v) is 13.4. The number of primary amides is 1. The molecule has 1 atom stereocenters. The van der Waals surface area contributed by atoms with E-state index in [0.29, 0.717) is 16.1 Å². The highest BCUT2D eigenvalue weighted by Gasteiger charge is 2.33. The van der Waals surface area contributed by atoms with Crippen molar-refractivity contribution in [1.29, 1.82) is 0 Å². The van der Waals surface area contributed by atoms with E-state index in [1.165, 1.54) is 36.3 Å². The molecule has 2 heterocycles. The molecule has 274 valence electrons. The number of benzene rings is 2. The fraction of sp³-hybridized carbons (Fsp3) is 0.457. The first-order chi connectivity index (χ1) is 24.3. The number of thiophene rings is 1. The molecule has 0 radical (unpaired) electrons. The van der Waals surface area contributed by atoms with Crippen LogP contribution in [0.3, 0.4) is 0 Å². The molecule has 5 rings (SSSR count). The Bertz CT molecular complexity index is 1790. The highest BCUT2D eigenvalue weighted by Crippen LogP contribution is 2.40. The molecule has 0 spiro atoms. The molecule has 1 unspecified atom stereocenters. The largest absolute Gasteiger partial charge is 0.467 e. The average molecular weight is 736 g/mol. The van der Waals surface area contributed by atoms with E-state index in [1.807, 2.05) is 6.07 Å². The molecule has 1 aromatic heterocycles. The third kappa shape index (κ3) is 10.5. The second kappa shape index (κ2) is 16.6. The van der Waals surface area contributed by atoms with Gasteiger partial charge >= 0.3 is 18.8 Å². The van der Waals surface area contributed by atoms with E-state index in [-0.39, 0.29) is 47.1 Å². The molecule has 1 saturated heterocycles. The summed E-state index contributed by atoms with van der Waals surface area (Å²) < 4.78 is 77.8. The van der Waals surface area contributed by atoms with Gasteiger partial charge in [0.2, 0.25) is 5.91 Å². The number of nitrogens with two attached hydrogens (primary N) is 1. The lowest BCUT2D eigenvalue weighted by Crippen LogP contribution is -2.42.